The summed E-state index contributed by atoms with van der Waals surface area (Å²) >= 11 is 0. The van der Waals surface area contributed by atoms with Crippen molar-refractivity contribution in [2.45, 2.75) is 32.1 Å². The van der Waals surface area contributed by atoms with Crippen LogP contribution in [-0.4, -0.2) is 29.9 Å². The van der Waals surface area contributed by atoms with Gasteiger partial charge in [-0.15, -0.1) is 0 Å². The molecular formula is C13H21N3O3S. The number of sulfonamides is 1. The van der Waals surface area contributed by atoms with Crippen LogP contribution in [0.1, 0.15) is 26.3 Å². The van der Waals surface area contributed by atoms with Crippen LogP contribution in [0.2, 0.25) is 0 Å². The highest BCUT2D eigenvalue weighted by atomic mass is 32.2. The first kappa shape index (κ1) is 16.5. The Bertz CT molecular complexity index is 591. The van der Waals surface area contributed by atoms with Crippen molar-refractivity contribution >= 4 is 21.6 Å². The predicted octanol–water partition coefficient (Wildman–Crippen LogP) is 0.684. The molecule has 0 radical (unpaired) electrons. The Labute approximate surface area is 119 Å². The molecule has 112 valence electrons. The lowest BCUT2D eigenvalue weighted by molar-refractivity contribution is -0.118. The second-order valence-electron chi connectivity index (χ2n) is 5.55. The number of nitrogen functional groups attached to an aromatic ring is 1. The Balaban J connectivity index is 3.15. The Morgan fingerprint density at radius 3 is 2.25 bits per heavy atom. The number of amides is 1. The predicted molar refractivity (Wildman–Crippen MR) is 79.1 cm³/mol. The van der Waals surface area contributed by atoms with Gasteiger partial charge in [-0.05, 0) is 32.4 Å². The normalized spacial score (nSPS) is 12.6. The standard InChI is InChI=1S/C13H21N3O3S/c1-13(2,3)20(18,19)16(9-12(15)17)8-10-6-4-5-7-11(10)14/h4-7H,8-9,14H2,1-3H3,(H2,15,17). The summed E-state index contributed by atoms with van der Waals surface area (Å²) in [5.41, 5.74) is 12.1. The molecule has 0 aliphatic rings. The van der Waals surface area contributed by atoms with Gasteiger partial charge in [-0.25, -0.2) is 8.42 Å². The number of nitrogens with two attached hydrogens (primary N) is 2. The molecule has 20 heavy (non-hydrogen) atoms. The molecule has 0 saturated carbocycles. The van der Waals surface area contributed by atoms with Gasteiger partial charge in [0, 0.05) is 12.2 Å². The number of anilines is 1. The van der Waals surface area contributed by atoms with Gasteiger partial charge in [0.05, 0.1) is 11.3 Å². The van der Waals surface area contributed by atoms with Gasteiger partial charge in [0.15, 0.2) is 0 Å². The zero-order chi connectivity index (χ0) is 15.6. The van der Waals surface area contributed by atoms with Gasteiger partial charge in [-0.3, -0.25) is 4.79 Å². The first-order valence-electron chi connectivity index (χ1n) is 6.17. The van der Waals surface area contributed by atoms with Crippen molar-refractivity contribution in [2.24, 2.45) is 5.73 Å². The summed E-state index contributed by atoms with van der Waals surface area (Å²) in [6, 6.07) is 6.93. The molecule has 7 heteroatoms. The Kier molecular flexibility index (Phi) is 4.77. The molecule has 4 N–H and O–H groups in total. The van der Waals surface area contributed by atoms with Crippen molar-refractivity contribution in [1.82, 2.24) is 4.31 Å². The van der Waals surface area contributed by atoms with Gasteiger partial charge in [0.1, 0.15) is 0 Å². The van der Waals surface area contributed by atoms with Gasteiger partial charge in [0.25, 0.3) is 0 Å². The molecule has 1 aromatic rings. The molecule has 0 aliphatic heterocycles. The largest absolute Gasteiger partial charge is 0.398 e. The van der Waals surface area contributed by atoms with Crippen LogP contribution in [0.15, 0.2) is 24.3 Å². The lowest BCUT2D eigenvalue weighted by Gasteiger charge is -2.29. The number of para-hydroxylation sites is 1. The van der Waals surface area contributed by atoms with E-state index in [0.717, 1.165) is 4.31 Å². The minimum atomic E-state index is -3.67. The van der Waals surface area contributed by atoms with E-state index in [0.29, 0.717) is 11.3 Å². The fourth-order valence-electron chi connectivity index (χ4n) is 1.66. The average molecular weight is 299 g/mol. The number of benzene rings is 1. The second-order valence-corrected chi connectivity index (χ2v) is 8.24. The number of hydrogen-bond acceptors (Lipinski definition) is 4. The van der Waals surface area contributed by atoms with E-state index < -0.39 is 20.7 Å². The van der Waals surface area contributed by atoms with E-state index in [2.05, 4.69) is 0 Å². The molecule has 1 rings (SSSR count). The number of rotatable bonds is 5. The average Bonchev–Trinajstić information content (AvgIpc) is 2.29. The third-order valence-corrected chi connectivity index (χ3v) is 5.33. The molecule has 0 heterocycles. The summed E-state index contributed by atoms with van der Waals surface area (Å²) in [7, 11) is -3.67. The molecule has 0 unspecified atom stereocenters. The van der Waals surface area contributed by atoms with Gasteiger partial charge in [0.2, 0.25) is 15.9 Å². The summed E-state index contributed by atoms with van der Waals surface area (Å²) in [5, 5.41) is 0. The zero-order valence-electron chi connectivity index (χ0n) is 12.0. The van der Waals surface area contributed by atoms with Gasteiger partial charge in [-0.1, -0.05) is 18.2 Å². The van der Waals surface area contributed by atoms with Gasteiger partial charge in [-0.2, -0.15) is 4.31 Å². The van der Waals surface area contributed by atoms with Crippen molar-refractivity contribution in [3.8, 4) is 0 Å². The van der Waals surface area contributed by atoms with Gasteiger partial charge >= 0.3 is 0 Å². The SMILES string of the molecule is CC(C)(C)S(=O)(=O)N(CC(N)=O)Cc1ccccc1N. The zero-order valence-corrected chi connectivity index (χ0v) is 12.8. The van der Waals surface area contributed by atoms with E-state index in [1.807, 2.05) is 0 Å². The van der Waals surface area contributed by atoms with E-state index in [9.17, 15) is 13.2 Å². The third kappa shape index (κ3) is 3.71. The Morgan fingerprint density at radius 2 is 1.80 bits per heavy atom. The molecule has 0 aliphatic carbocycles. The summed E-state index contributed by atoms with van der Waals surface area (Å²) in [4.78, 5) is 11.1. The van der Waals surface area contributed by atoms with Crippen LogP contribution in [0, 0.1) is 0 Å². The molecule has 1 aromatic carbocycles. The minimum Gasteiger partial charge on any atom is -0.398 e. The molecule has 0 saturated heterocycles. The first-order chi connectivity index (χ1) is 9.05. The van der Waals surface area contributed by atoms with Crippen LogP contribution in [0.4, 0.5) is 5.69 Å². The van der Waals surface area contributed by atoms with Crippen molar-refractivity contribution in [3.63, 3.8) is 0 Å². The van der Waals surface area contributed by atoms with Crippen molar-refractivity contribution in [1.29, 1.82) is 0 Å². The fraction of sp³-hybridized carbons (Fsp3) is 0.462. The maximum Gasteiger partial charge on any atom is 0.232 e. The molecule has 0 spiro atoms. The van der Waals surface area contributed by atoms with E-state index >= 15 is 0 Å². The molecule has 1 amide bonds. The molecule has 6 nitrogen and oxygen atoms in total. The molecule has 0 bridgehead atoms. The molecular weight excluding hydrogens is 278 g/mol. The smallest absolute Gasteiger partial charge is 0.232 e. The number of carbonyl (C=O) groups excluding carboxylic acids is 1. The molecule has 0 fully saturated rings. The van der Waals surface area contributed by atoms with Gasteiger partial charge < -0.3 is 11.5 Å². The highest BCUT2D eigenvalue weighted by Crippen LogP contribution is 2.23. The maximum absolute atomic E-state index is 12.5. The third-order valence-electron chi connectivity index (χ3n) is 2.85. The number of carbonyl (C=O) groups is 1. The quantitative estimate of drug-likeness (QED) is 0.780. The number of primary amides is 1. The topological polar surface area (TPSA) is 106 Å². The minimum absolute atomic E-state index is 0.0230. The van der Waals surface area contributed by atoms with Crippen LogP contribution in [0.25, 0.3) is 0 Å². The second kappa shape index (κ2) is 5.80. The number of hydrogen-bond donors (Lipinski definition) is 2. The van der Waals surface area contributed by atoms with Crippen LogP contribution in [-0.2, 0) is 21.4 Å². The first-order valence-corrected chi connectivity index (χ1v) is 7.61. The lowest BCUT2D eigenvalue weighted by Crippen LogP contribution is -2.46. The van der Waals surface area contributed by atoms with E-state index in [4.69, 9.17) is 11.5 Å². The van der Waals surface area contributed by atoms with E-state index in [1.165, 1.54) is 0 Å². The van der Waals surface area contributed by atoms with Crippen molar-refractivity contribution < 1.29 is 13.2 Å². The highest BCUT2D eigenvalue weighted by molar-refractivity contribution is 7.90. The molecule has 0 atom stereocenters. The van der Waals surface area contributed by atoms with Crippen molar-refractivity contribution in [3.05, 3.63) is 29.8 Å². The van der Waals surface area contributed by atoms with Crippen molar-refractivity contribution in [2.75, 3.05) is 12.3 Å². The van der Waals surface area contributed by atoms with Crippen LogP contribution >= 0.6 is 0 Å². The van der Waals surface area contributed by atoms with Crippen LogP contribution < -0.4 is 11.5 Å². The summed E-state index contributed by atoms with van der Waals surface area (Å²) in [6.45, 7) is 4.38. The van der Waals surface area contributed by atoms with E-state index in [1.54, 1.807) is 45.0 Å². The summed E-state index contributed by atoms with van der Waals surface area (Å²) in [6.07, 6.45) is 0. The summed E-state index contributed by atoms with van der Waals surface area (Å²) in [5.74, 6) is -0.702. The number of nitrogens with zero attached hydrogens (tertiary/aromatic N) is 1. The van der Waals surface area contributed by atoms with E-state index in [-0.39, 0.29) is 13.1 Å². The van der Waals surface area contributed by atoms with Crippen LogP contribution in [0.5, 0.6) is 0 Å². The Hall–Kier alpha value is -1.60. The fourth-order valence-corrected chi connectivity index (χ4v) is 3.04. The summed E-state index contributed by atoms with van der Waals surface area (Å²) < 4.78 is 25.0. The monoisotopic (exact) mass is 299 g/mol. The van der Waals surface area contributed by atoms with Crippen LogP contribution in [0.3, 0.4) is 0 Å². The highest BCUT2D eigenvalue weighted by Gasteiger charge is 2.36. The lowest BCUT2D eigenvalue weighted by atomic mass is 10.2. The Morgan fingerprint density at radius 1 is 1.25 bits per heavy atom. The molecule has 0 aromatic heterocycles. The maximum atomic E-state index is 12.5.